The zero-order chi connectivity index (χ0) is 21.0. The molecule has 0 aliphatic carbocycles. The molecule has 30 heavy (non-hydrogen) atoms. The molecule has 7 heteroatoms. The molecule has 0 atom stereocenters. The summed E-state index contributed by atoms with van der Waals surface area (Å²) in [6.45, 7) is 0.214. The molecule has 0 fully saturated rings. The van der Waals surface area contributed by atoms with Gasteiger partial charge in [0.05, 0.1) is 11.9 Å². The fraction of sp³-hybridized carbons (Fsp3) is 0.0870. The Kier molecular flexibility index (Phi) is 5.74. The second-order valence-electron chi connectivity index (χ2n) is 6.81. The predicted octanol–water partition coefficient (Wildman–Crippen LogP) is 4.40. The van der Waals surface area contributed by atoms with E-state index in [2.05, 4.69) is 5.10 Å². The Balaban J connectivity index is 1.72. The number of halogens is 1. The van der Waals surface area contributed by atoms with Crippen LogP contribution in [0.1, 0.15) is 11.1 Å². The van der Waals surface area contributed by atoms with Gasteiger partial charge in [0.15, 0.2) is 5.82 Å². The zero-order valence-corrected chi connectivity index (χ0v) is 16.9. The molecule has 1 aromatic heterocycles. The van der Waals surface area contributed by atoms with E-state index in [9.17, 15) is 12.8 Å². The molecule has 0 aliphatic rings. The van der Waals surface area contributed by atoms with E-state index in [-0.39, 0.29) is 13.1 Å². The van der Waals surface area contributed by atoms with Crippen LogP contribution in [0.4, 0.5) is 4.39 Å². The van der Waals surface area contributed by atoms with Crippen molar-refractivity contribution in [2.75, 3.05) is 0 Å². The van der Waals surface area contributed by atoms with Gasteiger partial charge >= 0.3 is 0 Å². The Labute approximate surface area is 175 Å². The second-order valence-corrected chi connectivity index (χ2v) is 8.66. The second kappa shape index (κ2) is 8.61. The third-order valence-electron chi connectivity index (χ3n) is 4.65. The molecule has 0 saturated carbocycles. The maximum Gasteiger partial charge on any atom is 0.266 e. The molecule has 4 rings (SSSR count). The molecular weight excluding hydrogens is 401 g/mol. The third kappa shape index (κ3) is 4.32. The molecule has 3 aromatic carbocycles. The summed E-state index contributed by atoms with van der Waals surface area (Å²) in [5, 5.41) is 3.48. The maximum absolute atomic E-state index is 14.7. The number of nitrogens with zero attached hydrogens (tertiary/aromatic N) is 3. The minimum Gasteiger partial charge on any atom is -0.237 e. The first-order valence-electron chi connectivity index (χ1n) is 9.42. The summed E-state index contributed by atoms with van der Waals surface area (Å²) >= 11 is 0. The monoisotopic (exact) mass is 421 g/mol. The standard InChI is InChI=1S/C23H20FN3O2S/c24-22-18-27(21-14-8-3-9-15-21)25-23(22)30(28,29)26(16-19-10-4-1-5-11-19)17-20-12-6-2-7-13-20/h1-15,18H,16-17H2. The zero-order valence-electron chi connectivity index (χ0n) is 16.1. The number of hydrogen-bond donors (Lipinski definition) is 0. The summed E-state index contributed by atoms with van der Waals surface area (Å²) in [4.78, 5) is 0. The van der Waals surface area contributed by atoms with Crippen molar-refractivity contribution in [2.45, 2.75) is 18.1 Å². The Bertz CT molecular complexity index is 1170. The number of rotatable bonds is 7. The number of para-hydroxylation sites is 1. The highest BCUT2D eigenvalue weighted by molar-refractivity contribution is 7.89. The quantitative estimate of drug-likeness (QED) is 0.444. The van der Waals surface area contributed by atoms with Gasteiger partial charge in [0.2, 0.25) is 5.03 Å². The van der Waals surface area contributed by atoms with Crippen LogP contribution in [0.3, 0.4) is 0 Å². The van der Waals surface area contributed by atoms with Gasteiger partial charge < -0.3 is 0 Å². The van der Waals surface area contributed by atoms with Crippen molar-refractivity contribution in [1.29, 1.82) is 0 Å². The van der Waals surface area contributed by atoms with Crippen LogP contribution < -0.4 is 0 Å². The summed E-state index contributed by atoms with van der Waals surface area (Å²) < 4.78 is 44.1. The summed E-state index contributed by atoms with van der Waals surface area (Å²) in [5.41, 5.74) is 2.19. The van der Waals surface area contributed by atoms with Gasteiger partial charge in [0, 0.05) is 13.1 Å². The third-order valence-corrected chi connectivity index (χ3v) is 6.35. The van der Waals surface area contributed by atoms with Crippen molar-refractivity contribution >= 4 is 10.0 Å². The van der Waals surface area contributed by atoms with Crippen LogP contribution in [0.2, 0.25) is 0 Å². The van der Waals surface area contributed by atoms with Crippen LogP contribution in [-0.2, 0) is 23.1 Å². The smallest absolute Gasteiger partial charge is 0.237 e. The Morgan fingerprint density at radius 1 is 0.767 bits per heavy atom. The summed E-state index contributed by atoms with van der Waals surface area (Å²) in [6.07, 6.45) is 1.09. The lowest BCUT2D eigenvalue weighted by molar-refractivity contribution is 0.395. The van der Waals surface area contributed by atoms with Gasteiger partial charge in [-0.1, -0.05) is 78.9 Å². The van der Waals surface area contributed by atoms with Crippen LogP contribution in [0.25, 0.3) is 5.69 Å². The number of benzene rings is 3. The first kappa shape index (κ1) is 20.0. The van der Waals surface area contributed by atoms with Crippen LogP contribution >= 0.6 is 0 Å². The lowest BCUT2D eigenvalue weighted by Gasteiger charge is -2.21. The van der Waals surface area contributed by atoms with Crippen LogP contribution in [0.15, 0.2) is 102 Å². The lowest BCUT2D eigenvalue weighted by Crippen LogP contribution is -2.31. The van der Waals surface area contributed by atoms with E-state index < -0.39 is 20.9 Å². The van der Waals surface area contributed by atoms with Gasteiger partial charge in [0.25, 0.3) is 10.0 Å². The average molecular weight is 421 g/mol. The van der Waals surface area contributed by atoms with E-state index in [1.807, 2.05) is 66.7 Å². The first-order valence-corrected chi connectivity index (χ1v) is 10.9. The van der Waals surface area contributed by atoms with Gasteiger partial charge in [-0.15, -0.1) is 0 Å². The molecule has 0 aliphatic heterocycles. The van der Waals surface area contributed by atoms with Crippen molar-refractivity contribution in [2.24, 2.45) is 0 Å². The molecule has 0 unspecified atom stereocenters. The summed E-state index contributed by atoms with van der Waals surface area (Å²) in [7, 11) is -4.19. The van der Waals surface area contributed by atoms with Crippen LogP contribution in [0, 0.1) is 5.82 Å². The van der Waals surface area contributed by atoms with Gasteiger partial charge in [-0.2, -0.15) is 9.40 Å². The number of sulfonamides is 1. The van der Waals surface area contributed by atoms with Gasteiger partial charge in [-0.25, -0.2) is 17.5 Å². The van der Waals surface area contributed by atoms with E-state index in [0.29, 0.717) is 5.69 Å². The largest absolute Gasteiger partial charge is 0.266 e. The lowest BCUT2D eigenvalue weighted by atomic mass is 10.2. The minimum absolute atomic E-state index is 0.107. The van der Waals surface area contributed by atoms with Crippen molar-refractivity contribution in [3.05, 3.63) is 114 Å². The number of aromatic nitrogens is 2. The molecule has 1 heterocycles. The molecule has 5 nitrogen and oxygen atoms in total. The first-order chi connectivity index (χ1) is 14.5. The highest BCUT2D eigenvalue weighted by Crippen LogP contribution is 2.23. The van der Waals surface area contributed by atoms with Crippen LogP contribution in [-0.4, -0.2) is 22.5 Å². The Morgan fingerprint density at radius 2 is 1.23 bits per heavy atom. The van der Waals surface area contributed by atoms with E-state index in [1.54, 1.807) is 24.3 Å². The Hall–Kier alpha value is -3.29. The molecule has 0 amide bonds. The SMILES string of the molecule is O=S(=O)(c1nn(-c2ccccc2)cc1F)N(Cc1ccccc1)Cc1ccccc1. The molecule has 0 saturated heterocycles. The van der Waals surface area contributed by atoms with Gasteiger partial charge in [-0.05, 0) is 23.3 Å². The van der Waals surface area contributed by atoms with Crippen molar-refractivity contribution in [1.82, 2.24) is 14.1 Å². The fourth-order valence-corrected chi connectivity index (χ4v) is 4.52. The van der Waals surface area contributed by atoms with E-state index in [1.165, 1.54) is 8.99 Å². The molecule has 4 aromatic rings. The number of hydrogen-bond acceptors (Lipinski definition) is 3. The summed E-state index contributed by atoms with van der Waals surface area (Å²) in [5.74, 6) is -0.884. The topological polar surface area (TPSA) is 55.2 Å². The van der Waals surface area contributed by atoms with Gasteiger partial charge in [0.1, 0.15) is 0 Å². The van der Waals surface area contributed by atoms with E-state index in [0.717, 1.165) is 17.3 Å². The van der Waals surface area contributed by atoms with Gasteiger partial charge in [-0.3, -0.25) is 0 Å². The van der Waals surface area contributed by atoms with Crippen molar-refractivity contribution in [3.63, 3.8) is 0 Å². The molecule has 0 N–H and O–H groups in total. The van der Waals surface area contributed by atoms with Crippen molar-refractivity contribution in [3.8, 4) is 5.69 Å². The highest BCUT2D eigenvalue weighted by Gasteiger charge is 2.31. The molecular formula is C23H20FN3O2S. The average Bonchev–Trinajstić information content (AvgIpc) is 3.18. The molecule has 0 radical (unpaired) electrons. The van der Waals surface area contributed by atoms with E-state index >= 15 is 0 Å². The summed E-state index contributed by atoms with van der Waals surface area (Å²) in [6, 6.07) is 27.3. The highest BCUT2D eigenvalue weighted by atomic mass is 32.2. The molecule has 152 valence electrons. The van der Waals surface area contributed by atoms with Crippen LogP contribution in [0.5, 0.6) is 0 Å². The molecule has 0 bridgehead atoms. The minimum atomic E-state index is -4.19. The maximum atomic E-state index is 14.7. The van der Waals surface area contributed by atoms with E-state index in [4.69, 9.17) is 0 Å². The predicted molar refractivity (Wildman–Crippen MR) is 113 cm³/mol. The Morgan fingerprint density at radius 3 is 1.73 bits per heavy atom. The van der Waals surface area contributed by atoms with Crippen molar-refractivity contribution < 1.29 is 12.8 Å². The fourth-order valence-electron chi connectivity index (χ4n) is 3.15. The molecule has 0 spiro atoms. The normalized spacial score (nSPS) is 11.7.